The molecule has 1 amide bonds. The molecule has 0 fully saturated rings. The molecule has 0 aliphatic heterocycles. The van der Waals surface area contributed by atoms with E-state index in [-0.39, 0.29) is 11.3 Å². The molecule has 0 aliphatic carbocycles. The number of carbonyl (C=O) groups excluding carboxylic acids is 1. The molecule has 4 rings (SSSR count). The minimum atomic E-state index is -4.37. The summed E-state index contributed by atoms with van der Waals surface area (Å²) in [6.45, 7) is 1.45. The van der Waals surface area contributed by atoms with Crippen LogP contribution in [0.2, 0.25) is 0 Å². The van der Waals surface area contributed by atoms with Crippen LogP contribution < -0.4 is 5.73 Å². The van der Waals surface area contributed by atoms with Crippen LogP contribution in [0.1, 0.15) is 32.2 Å². The average Bonchev–Trinajstić information content (AvgIpc) is 3.14. The Kier molecular flexibility index (Phi) is 5.03. The second kappa shape index (κ2) is 7.53. The van der Waals surface area contributed by atoms with E-state index in [4.69, 9.17) is 5.73 Å². The molecule has 0 saturated carbocycles. The minimum Gasteiger partial charge on any atom is -0.364 e. The van der Waals surface area contributed by atoms with Crippen LogP contribution >= 0.6 is 11.3 Å². The summed E-state index contributed by atoms with van der Waals surface area (Å²) in [6, 6.07) is 15.0. The van der Waals surface area contributed by atoms with Gasteiger partial charge < -0.3 is 5.73 Å². The Hall–Kier alpha value is -3.26. The van der Waals surface area contributed by atoms with Crippen LogP contribution in [0, 0.1) is 6.92 Å². The monoisotopic (exact) mass is 427 g/mol. The lowest BCUT2D eigenvalue weighted by Gasteiger charge is -2.11. The number of rotatable bonds is 4. The maximum atomic E-state index is 13.0. The first-order valence-corrected chi connectivity index (χ1v) is 9.86. The molecule has 0 bridgehead atoms. The van der Waals surface area contributed by atoms with Crippen molar-refractivity contribution in [2.45, 2.75) is 19.5 Å². The fraction of sp³-hybridized carbons (Fsp3) is 0.136. The van der Waals surface area contributed by atoms with Crippen molar-refractivity contribution in [1.29, 1.82) is 0 Å². The number of aromatic nitrogens is 2. The molecule has 8 heteroatoms. The van der Waals surface area contributed by atoms with E-state index in [0.717, 1.165) is 15.8 Å². The van der Waals surface area contributed by atoms with Crippen LogP contribution in [0.4, 0.5) is 13.2 Å². The average molecular weight is 427 g/mol. The lowest BCUT2D eigenvalue weighted by Crippen LogP contribution is -2.17. The molecule has 2 aromatic carbocycles. The van der Waals surface area contributed by atoms with Gasteiger partial charge in [0, 0.05) is 16.2 Å². The summed E-state index contributed by atoms with van der Waals surface area (Å²) in [5.41, 5.74) is 7.57. The summed E-state index contributed by atoms with van der Waals surface area (Å²) in [5.74, 6) is -0.654. The molecule has 30 heavy (non-hydrogen) atoms. The Morgan fingerprint density at radius 3 is 2.37 bits per heavy atom. The number of benzene rings is 2. The van der Waals surface area contributed by atoms with E-state index >= 15 is 0 Å². The number of primary amides is 1. The molecule has 2 aromatic heterocycles. The lowest BCUT2D eigenvalue weighted by atomic mass is 10.0. The zero-order valence-corrected chi connectivity index (χ0v) is 16.6. The third-order valence-corrected chi connectivity index (χ3v) is 5.83. The van der Waals surface area contributed by atoms with Gasteiger partial charge in [-0.15, -0.1) is 11.3 Å². The highest BCUT2D eigenvalue weighted by Crippen LogP contribution is 2.36. The summed E-state index contributed by atoms with van der Waals surface area (Å²) < 4.78 is 39.0. The number of fused-ring (bicyclic) bond motifs is 1. The topological polar surface area (TPSA) is 68.9 Å². The number of amides is 1. The van der Waals surface area contributed by atoms with Gasteiger partial charge in [-0.1, -0.05) is 24.3 Å². The van der Waals surface area contributed by atoms with E-state index in [1.54, 1.807) is 18.2 Å². The quantitative estimate of drug-likeness (QED) is 0.476. The first-order valence-electron chi connectivity index (χ1n) is 9.05. The fourth-order valence-corrected chi connectivity index (χ4v) is 4.29. The zero-order chi connectivity index (χ0) is 21.5. The van der Waals surface area contributed by atoms with Gasteiger partial charge in [-0.2, -0.15) is 13.2 Å². The number of alkyl halides is 3. The summed E-state index contributed by atoms with van der Waals surface area (Å²) in [7, 11) is 0. The summed E-state index contributed by atoms with van der Waals surface area (Å²) in [5, 5.41) is 0. The first-order chi connectivity index (χ1) is 14.2. The highest BCUT2D eigenvalue weighted by Gasteiger charge is 2.32. The fourth-order valence-electron chi connectivity index (χ4n) is 3.29. The number of para-hydroxylation sites is 2. The number of nitrogens with two attached hydrogens (primary N) is 1. The van der Waals surface area contributed by atoms with Crippen molar-refractivity contribution in [3.63, 3.8) is 0 Å². The standard InChI is InChI=1S/C22H16F3N3OS/c1-12-10-13(6-8-15(12)22(23,24)25)19-9-7-14(30-19)11-18-20(21(26)29)28-17-5-3-2-4-16(17)27-18/h2-10H,11H2,1H3,(H2,26,29). The largest absolute Gasteiger partial charge is 0.416 e. The zero-order valence-electron chi connectivity index (χ0n) is 15.8. The molecule has 2 N–H and O–H groups in total. The number of carbonyl (C=O) groups is 1. The first kappa shape index (κ1) is 20.0. The van der Waals surface area contributed by atoms with Crippen LogP contribution in [0.5, 0.6) is 0 Å². The number of nitrogens with zero attached hydrogens (tertiary/aromatic N) is 2. The van der Waals surface area contributed by atoms with Gasteiger partial charge in [-0.3, -0.25) is 4.79 Å². The Morgan fingerprint density at radius 1 is 1.03 bits per heavy atom. The maximum Gasteiger partial charge on any atom is 0.416 e. The molecule has 152 valence electrons. The molecule has 4 nitrogen and oxygen atoms in total. The smallest absolute Gasteiger partial charge is 0.364 e. The van der Waals surface area contributed by atoms with Gasteiger partial charge in [0.2, 0.25) is 0 Å². The van der Waals surface area contributed by atoms with Crippen LogP contribution in [0.25, 0.3) is 21.5 Å². The van der Waals surface area contributed by atoms with Gasteiger partial charge in [0.05, 0.1) is 22.3 Å². The van der Waals surface area contributed by atoms with E-state index in [1.807, 2.05) is 18.2 Å². The molecular weight excluding hydrogens is 411 g/mol. The van der Waals surface area contributed by atoms with Crippen LogP contribution in [0.15, 0.2) is 54.6 Å². The van der Waals surface area contributed by atoms with E-state index in [0.29, 0.717) is 28.7 Å². The number of halogens is 3. The van der Waals surface area contributed by atoms with Crippen molar-refractivity contribution in [2.24, 2.45) is 5.73 Å². The highest BCUT2D eigenvalue weighted by atomic mass is 32.1. The predicted molar refractivity (Wildman–Crippen MR) is 110 cm³/mol. The van der Waals surface area contributed by atoms with Crippen LogP contribution in [0.3, 0.4) is 0 Å². The van der Waals surface area contributed by atoms with Crippen LogP contribution in [-0.2, 0) is 12.6 Å². The van der Waals surface area contributed by atoms with Crippen molar-refractivity contribution >= 4 is 28.3 Å². The summed E-state index contributed by atoms with van der Waals surface area (Å²) in [6.07, 6.45) is -4.02. The minimum absolute atomic E-state index is 0.119. The molecule has 0 saturated heterocycles. The molecule has 0 atom stereocenters. The maximum absolute atomic E-state index is 13.0. The number of hydrogen-bond acceptors (Lipinski definition) is 4. The molecule has 0 radical (unpaired) electrons. The molecule has 4 aromatic rings. The van der Waals surface area contributed by atoms with Crippen LogP contribution in [-0.4, -0.2) is 15.9 Å². The Balaban J connectivity index is 1.66. The third kappa shape index (κ3) is 3.91. The Bertz CT molecular complexity index is 1260. The van der Waals surface area contributed by atoms with E-state index in [2.05, 4.69) is 9.97 Å². The normalized spacial score (nSPS) is 11.7. The second-order valence-corrected chi connectivity index (χ2v) is 8.01. The SMILES string of the molecule is Cc1cc(-c2ccc(Cc3nc4ccccc4nc3C(N)=O)s2)ccc1C(F)(F)F. The van der Waals surface area contributed by atoms with Crippen molar-refractivity contribution < 1.29 is 18.0 Å². The number of aryl methyl sites for hydroxylation is 1. The molecular formula is C22H16F3N3OS. The Morgan fingerprint density at radius 2 is 1.73 bits per heavy atom. The molecule has 2 heterocycles. The Labute approximate surface area is 174 Å². The van der Waals surface area contributed by atoms with Crippen molar-refractivity contribution in [3.8, 4) is 10.4 Å². The predicted octanol–water partition coefficient (Wildman–Crippen LogP) is 5.38. The van der Waals surface area contributed by atoms with Gasteiger partial charge in [0.1, 0.15) is 0 Å². The van der Waals surface area contributed by atoms with Crippen molar-refractivity contribution in [3.05, 3.63) is 82.0 Å². The van der Waals surface area contributed by atoms with E-state index in [1.165, 1.54) is 30.4 Å². The number of hydrogen-bond donors (Lipinski definition) is 1. The van der Waals surface area contributed by atoms with Gasteiger partial charge in [-0.05, 0) is 48.4 Å². The summed E-state index contributed by atoms with van der Waals surface area (Å²) >= 11 is 1.43. The van der Waals surface area contributed by atoms with Gasteiger partial charge in [0.25, 0.3) is 5.91 Å². The van der Waals surface area contributed by atoms with E-state index in [9.17, 15) is 18.0 Å². The third-order valence-electron chi connectivity index (χ3n) is 4.70. The lowest BCUT2D eigenvalue weighted by molar-refractivity contribution is -0.138. The second-order valence-electron chi connectivity index (χ2n) is 6.84. The van der Waals surface area contributed by atoms with Gasteiger partial charge in [-0.25, -0.2) is 9.97 Å². The molecule has 0 aliphatic rings. The highest BCUT2D eigenvalue weighted by molar-refractivity contribution is 7.15. The van der Waals surface area contributed by atoms with E-state index < -0.39 is 17.6 Å². The summed E-state index contributed by atoms with van der Waals surface area (Å²) in [4.78, 5) is 22.5. The van der Waals surface area contributed by atoms with Crippen molar-refractivity contribution in [1.82, 2.24) is 9.97 Å². The van der Waals surface area contributed by atoms with Gasteiger partial charge in [0.15, 0.2) is 5.69 Å². The van der Waals surface area contributed by atoms with Crippen molar-refractivity contribution in [2.75, 3.05) is 0 Å². The van der Waals surface area contributed by atoms with Gasteiger partial charge >= 0.3 is 6.18 Å². The molecule has 0 spiro atoms. The molecule has 0 unspecified atom stereocenters. The number of thiophene rings is 1.